The highest BCUT2D eigenvalue weighted by atomic mass is 32.2. The van der Waals surface area contributed by atoms with Crippen molar-refractivity contribution in [2.75, 3.05) is 7.05 Å². The van der Waals surface area contributed by atoms with Gasteiger partial charge in [-0.3, -0.25) is 4.79 Å². The van der Waals surface area contributed by atoms with E-state index in [2.05, 4.69) is 20.9 Å². The molecule has 1 saturated carbocycles. The highest BCUT2D eigenvalue weighted by Gasteiger charge is 2.29. The Balaban J connectivity index is 1.66. The highest BCUT2D eigenvalue weighted by molar-refractivity contribution is 7.90. The van der Waals surface area contributed by atoms with Crippen molar-refractivity contribution in [3.05, 3.63) is 54.6 Å². The Kier molecular flexibility index (Phi) is 6.03. The first-order valence-electron chi connectivity index (χ1n) is 11.7. The van der Waals surface area contributed by atoms with Crippen LogP contribution in [0.15, 0.2) is 53.7 Å². The van der Waals surface area contributed by atoms with E-state index in [1.54, 1.807) is 49.6 Å². The summed E-state index contributed by atoms with van der Waals surface area (Å²) in [4.78, 5) is 21.7. The molecule has 0 spiro atoms. The van der Waals surface area contributed by atoms with Crippen LogP contribution in [0.1, 0.15) is 44.0 Å². The van der Waals surface area contributed by atoms with Crippen molar-refractivity contribution in [1.82, 2.24) is 23.8 Å². The quantitative estimate of drug-likeness (QED) is 0.441. The van der Waals surface area contributed by atoms with Crippen LogP contribution >= 0.6 is 0 Å². The molecular weight excluding hydrogens is 464 g/mol. The first-order valence-corrected chi connectivity index (χ1v) is 13.1. The number of nitrogens with one attached hydrogen (secondary N) is 1. The Morgan fingerprint density at radius 1 is 1.17 bits per heavy atom. The third-order valence-electron chi connectivity index (χ3n) is 6.86. The number of hydrogen-bond donors (Lipinski definition) is 1. The van der Waals surface area contributed by atoms with Crippen LogP contribution in [0.5, 0.6) is 0 Å². The summed E-state index contributed by atoms with van der Waals surface area (Å²) in [6, 6.07) is 12.4. The largest absolute Gasteiger partial charge is 0.359 e. The fourth-order valence-corrected chi connectivity index (χ4v) is 6.40. The summed E-state index contributed by atoms with van der Waals surface area (Å²) in [5, 5.41) is 12.4. The van der Waals surface area contributed by atoms with E-state index < -0.39 is 10.0 Å². The van der Waals surface area contributed by atoms with Crippen molar-refractivity contribution < 1.29 is 13.2 Å². The second kappa shape index (κ2) is 9.15. The SMILES string of the molecule is CNC(=O)Cc1nc2cnc3c(ccn3S(=O)(=O)c3ccccc3)c2n1C1CCC(CC#N)CC1. The molecule has 1 N–H and O–H groups in total. The fourth-order valence-electron chi connectivity index (χ4n) is 5.08. The molecule has 10 heteroatoms. The van der Waals surface area contributed by atoms with E-state index in [0.717, 1.165) is 31.2 Å². The monoisotopic (exact) mass is 490 g/mol. The number of nitrogens with zero attached hydrogens (tertiary/aromatic N) is 5. The minimum absolute atomic E-state index is 0.106. The molecule has 1 fully saturated rings. The van der Waals surface area contributed by atoms with Crippen LogP contribution in [0.4, 0.5) is 0 Å². The van der Waals surface area contributed by atoms with Crippen LogP contribution in [0.25, 0.3) is 22.1 Å². The molecule has 1 aliphatic carbocycles. The molecule has 0 aliphatic heterocycles. The topological polar surface area (TPSA) is 123 Å². The van der Waals surface area contributed by atoms with Gasteiger partial charge in [-0.05, 0) is 49.8 Å². The molecule has 3 aromatic heterocycles. The smallest absolute Gasteiger partial charge is 0.269 e. The zero-order valence-corrected chi connectivity index (χ0v) is 20.2. The van der Waals surface area contributed by atoms with Gasteiger partial charge in [-0.1, -0.05) is 18.2 Å². The standard InChI is InChI=1S/C25H26N6O3S/c1-27-23(32)15-22-29-21-16-28-25-20(12-14-30(25)35(33,34)19-5-3-2-4-6-19)24(21)31(22)18-9-7-17(8-10-18)11-13-26/h2-6,12,14,16-18H,7-11,15H2,1H3,(H,27,32). The maximum absolute atomic E-state index is 13.3. The summed E-state index contributed by atoms with van der Waals surface area (Å²) in [6.45, 7) is 0. The number of benzene rings is 1. The Bertz CT molecular complexity index is 1540. The number of carbonyl (C=O) groups is 1. The molecule has 0 bridgehead atoms. The third kappa shape index (κ3) is 4.06. The van der Waals surface area contributed by atoms with E-state index >= 15 is 0 Å². The second-order valence-corrected chi connectivity index (χ2v) is 10.8. The number of imidazole rings is 1. The van der Waals surface area contributed by atoms with Gasteiger partial charge >= 0.3 is 0 Å². The second-order valence-electron chi connectivity index (χ2n) is 8.94. The molecule has 180 valence electrons. The van der Waals surface area contributed by atoms with E-state index in [4.69, 9.17) is 10.2 Å². The van der Waals surface area contributed by atoms with Crippen LogP contribution in [0, 0.1) is 17.2 Å². The number of pyridine rings is 1. The van der Waals surface area contributed by atoms with Crippen LogP contribution in [0.3, 0.4) is 0 Å². The lowest BCUT2D eigenvalue weighted by atomic mass is 9.84. The van der Waals surface area contributed by atoms with Gasteiger partial charge in [-0.15, -0.1) is 0 Å². The number of nitriles is 1. The van der Waals surface area contributed by atoms with Crippen LogP contribution < -0.4 is 5.32 Å². The fraction of sp³-hybridized carbons (Fsp3) is 0.360. The molecule has 3 heterocycles. The minimum Gasteiger partial charge on any atom is -0.359 e. The van der Waals surface area contributed by atoms with Crippen LogP contribution in [0.2, 0.25) is 0 Å². The molecule has 0 unspecified atom stereocenters. The Morgan fingerprint density at radius 2 is 1.91 bits per heavy atom. The number of fused-ring (bicyclic) bond motifs is 3. The predicted octanol–water partition coefficient (Wildman–Crippen LogP) is 3.56. The van der Waals surface area contributed by atoms with Gasteiger partial charge in [0.25, 0.3) is 10.0 Å². The molecule has 0 saturated heterocycles. The van der Waals surface area contributed by atoms with Crippen molar-refractivity contribution in [3.63, 3.8) is 0 Å². The van der Waals surface area contributed by atoms with Crippen molar-refractivity contribution in [2.24, 2.45) is 5.92 Å². The molecule has 4 aromatic rings. The van der Waals surface area contributed by atoms with Gasteiger partial charge in [-0.2, -0.15) is 5.26 Å². The number of aromatic nitrogens is 4. The van der Waals surface area contributed by atoms with Crippen LogP contribution in [-0.4, -0.2) is 39.9 Å². The molecule has 9 nitrogen and oxygen atoms in total. The van der Waals surface area contributed by atoms with E-state index in [-0.39, 0.29) is 23.3 Å². The van der Waals surface area contributed by atoms with Gasteiger partial charge < -0.3 is 9.88 Å². The van der Waals surface area contributed by atoms with Crippen molar-refractivity contribution in [2.45, 2.75) is 49.5 Å². The number of rotatable bonds is 6. The Hall–Kier alpha value is -3.71. The predicted molar refractivity (Wildman–Crippen MR) is 131 cm³/mol. The Labute approximate surface area is 203 Å². The average Bonchev–Trinajstić information content (AvgIpc) is 3.47. The van der Waals surface area contributed by atoms with Crippen molar-refractivity contribution >= 4 is 38.0 Å². The molecular formula is C25H26N6O3S. The van der Waals surface area contributed by atoms with Gasteiger partial charge in [0.15, 0.2) is 5.65 Å². The van der Waals surface area contributed by atoms with Gasteiger partial charge in [-0.25, -0.2) is 22.4 Å². The summed E-state index contributed by atoms with van der Waals surface area (Å²) < 4.78 is 30.0. The molecule has 5 rings (SSSR count). The normalized spacial score (nSPS) is 18.5. The third-order valence-corrected chi connectivity index (χ3v) is 8.54. The zero-order chi connectivity index (χ0) is 24.6. The maximum atomic E-state index is 13.3. The van der Waals surface area contributed by atoms with Gasteiger partial charge in [0, 0.05) is 31.1 Å². The van der Waals surface area contributed by atoms with E-state index in [1.807, 2.05) is 0 Å². The van der Waals surface area contributed by atoms with Crippen molar-refractivity contribution in [1.29, 1.82) is 5.26 Å². The average molecular weight is 491 g/mol. The molecule has 0 radical (unpaired) electrons. The summed E-state index contributed by atoms with van der Waals surface area (Å²) in [7, 11) is -2.23. The van der Waals surface area contributed by atoms with E-state index in [1.165, 1.54) is 10.2 Å². The first kappa shape index (κ1) is 23.1. The first-order chi connectivity index (χ1) is 16.9. The minimum atomic E-state index is -3.83. The van der Waals surface area contributed by atoms with E-state index in [0.29, 0.717) is 34.7 Å². The van der Waals surface area contributed by atoms with Gasteiger partial charge in [0.05, 0.1) is 29.1 Å². The molecule has 1 aliphatic rings. The van der Waals surface area contributed by atoms with Gasteiger partial charge in [0.2, 0.25) is 5.91 Å². The highest BCUT2D eigenvalue weighted by Crippen LogP contribution is 2.38. The van der Waals surface area contributed by atoms with Crippen LogP contribution in [-0.2, 0) is 21.2 Å². The van der Waals surface area contributed by atoms with E-state index in [9.17, 15) is 13.2 Å². The Morgan fingerprint density at radius 3 is 2.60 bits per heavy atom. The molecule has 0 atom stereocenters. The summed E-state index contributed by atoms with van der Waals surface area (Å²) >= 11 is 0. The number of likely N-dealkylation sites (N-methyl/N-ethyl adjacent to an activating group) is 1. The summed E-state index contributed by atoms with van der Waals surface area (Å²) in [5.41, 5.74) is 1.75. The number of hydrogen-bond acceptors (Lipinski definition) is 6. The number of carbonyl (C=O) groups excluding carboxylic acids is 1. The lowest BCUT2D eigenvalue weighted by Gasteiger charge is -2.30. The summed E-state index contributed by atoms with van der Waals surface area (Å²) in [6.07, 6.45) is 7.37. The molecule has 1 amide bonds. The van der Waals surface area contributed by atoms with Crippen molar-refractivity contribution in [3.8, 4) is 6.07 Å². The lowest BCUT2D eigenvalue weighted by molar-refractivity contribution is -0.120. The zero-order valence-electron chi connectivity index (χ0n) is 19.4. The number of amides is 1. The lowest BCUT2D eigenvalue weighted by Crippen LogP contribution is -2.25. The molecule has 35 heavy (non-hydrogen) atoms. The molecule has 1 aromatic carbocycles. The maximum Gasteiger partial charge on any atom is 0.269 e. The van der Waals surface area contributed by atoms with Gasteiger partial charge in [0.1, 0.15) is 11.3 Å². The summed E-state index contributed by atoms with van der Waals surface area (Å²) in [5.74, 6) is 0.872.